The number of anilines is 1. The second-order valence-electron chi connectivity index (χ2n) is 5.62. The van der Waals surface area contributed by atoms with Crippen LogP contribution < -0.4 is 4.90 Å². The number of nitrogens with one attached hydrogen (secondary N) is 1. The molecule has 1 aromatic heterocycles. The van der Waals surface area contributed by atoms with Crippen molar-refractivity contribution in [1.29, 1.82) is 0 Å². The van der Waals surface area contributed by atoms with Crippen LogP contribution in [-0.4, -0.2) is 40.2 Å². The van der Waals surface area contributed by atoms with Gasteiger partial charge in [0.05, 0.1) is 34.7 Å². The van der Waals surface area contributed by atoms with E-state index in [0.717, 1.165) is 30.9 Å². The normalized spacial score (nSPS) is 25.2. The summed E-state index contributed by atoms with van der Waals surface area (Å²) in [6, 6.07) is 5.10. The Hall–Kier alpha value is -2.15. The van der Waals surface area contributed by atoms with Crippen LogP contribution in [-0.2, 0) is 4.74 Å². The summed E-state index contributed by atoms with van der Waals surface area (Å²) in [7, 11) is 0. The molecule has 0 amide bonds. The molecule has 2 aliphatic rings. The summed E-state index contributed by atoms with van der Waals surface area (Å²) in [6.45, 7) is 1.52. The first-order chi connectivity index (χ1) is 10.2. The average molecular weight is 288 g/mol. The molecule has 2 heterocycles. The molecule has 4 rings (SSSR count). The van der Waals surface area contributed by atoms with Gasteiger partial charge in [-0.05, 0) is 25.3 Å². The highest BCUT2D eigenvalue weighted by atomic mass is 16.6. The van der Waals surface area contributed by atoms with Crippen LogP contribution in [0.1, 0.15) is 19.3 Å². The van der Waals surface area contributed by atoms with Crippen LogP contribution in [0, 0.1) is 10.1 Å². The fourth-order valence-electron chi connectivity index (χ4n) is 3.42. The molecule has 7 nitrogen and oxygen atoms in total. The number of rotatable bonds is 2. The fraction of sp³-hybridized carbons (Fsp3) is 0.500. The van der Waals surface area contributed by atoms with Crippen LogP contribution in [0.5, 0.6) is 0 Å². The van der Waals surface area contributed by atoms with Gasteiger partial charge in [0.15, 0.2) is 0 Å². The first-order valence-corrected chi connectivity index (χ1v) is 7.25. The lowest BCUT2D eigenvalue weighted by molar-refractivity contribution is -0.384. The smallest absolute Gasteiger partial charge is 0.271 e. The lowest BCUT2D eigenvalue weighted by Crippen LogP contribution is -2.49. The van der Waals surface area contributed by atoms with E-state index in [4.69, 9.17) is 4.74 Å². The van der Waals surface area contributed by atoms with Crippen LogP contribution in [0.2, 0.25) is 0 Å². The van der Waals surface area contributed by atoms with Gasteiger partial charge in [-0.3, -0.25) is 10.1 Å². The maximum atomic E-state index is 10.8. The van der Waals surface area contributed by atoms with E-state index < -0.39 is 0 Å². The maximum Gasteiger partial charge on any atom is 0.271 e. The summed E-state index contributed by atoms with van der Waals surface area (Å²) < 4.78 is 5.81. The number of hydrogen-bond acceptors (Lipinski definition) is 5. The molecule has 110 valence electrons. The number of non-ortho nitro benzene ring substituents is 1. The number of aromatic nitrogens is 2. The molecule has 0 spiro atoms. The van der Waals surface area contributed by atoms with Gasteiger partial charge in [0.2, 0.25) is 5.95 Å². The van der Waals surface area contributed by atoms with Gasteiger partial charge in [0, 0.05) is 18.7 Å². The number of morpholine rings is 1. The van der Waals surface area contributed by atoms with Crippen LogP contribution in [0.3, 0.4) is 0 Å². The summed E-state index contributed by atoms with van der Waals surface area (Å²) in [5, 5.41) is 10.8. The minimum Gasteiger partial charge on any atom is -0.374 e. The van der Waals surface area contributed by atoms with Crippen LogP contribution in [0.25, 0.3) is 11.0 Å². The zero-order valence-electron chi connectivity index (χ0n) is 11.5. The standard InChI is InChI=1S/C14H16N4O3/c19-18(20)9-4-5-10-11(8-9)16-14(15-10)17-6-7-21-13-3-1-2-12(13)17/h4-5,8,12-13H,1-3,6-7H2,(H,15,16). The third-order valence-corrected chi connectivity index (χ3v) is 4.42. The Kier molecular flexibility index (Phi) is 2.81. The molecule has 1 saturated carbocycles. The lowest BCUT2D eigenvalue weighted by atomic mass is 10.1. The van der Waals surface area contributed by atoms with Gasteiger partial charge < -0.3 is 14.6 Å². The van der Waals surface area contributed by atoms with E-state index in [1.54, 1.807) is 12.1 Å². The summed E-state index contributed by atoms with van der Waals surface area (Å²) in [5.74, 6) is 0.797. The summed E-state index contributed by atoms with van der Waals surface area (Å²) in [6.07, 6.45) is 3.69. The third-order valence-electron chi connectivity index (χ3n) is 4.42. The van der Waals surface area contributed by atoms with E-state index >= 15 is 0 Å². The van der Waals surface area contributed by atoms with E-state index in [2.05, 4.69) is 14.9 Å². The van der Waals surface area contributed by atoms with Gasteiger partial charge in [0.25, 0.3) is 5.69 Å². The molecule has 1 saturated heterocycles. The van der Waals surface area contributed by atoms with E-state index in [9.17, 15) is 10.1 Å². The first-order valence-electron chi connectivity index (χ1n) is 7.25. The summed E-state index contributed by atoms with van der Waals surface area (Å²) >= 11 is 0. The largest absolute Gasteiger partial charge is 0.374 e. The van der Waals surface area contributed by atoms with Gasteiger partial charge in [-0.25, -0.2) is 4.98 Å². The van der Waals surface area contributed by atoms with Crippen molar-refractivity contribution < 1.29 is 9.66 Å². The van der Waals surface area contributed by atoms with Gasteiger partial charge in [0.1, 0.15) is 0 Å². The van der Waals surface area contributed by atoms with Crippen LogP contribution >= 0.6 is 0 Å². The summed E-state index contributed by atoms with van der Waals surface area (Å²) in [5.41, 5.74) is 1.55. The molecule has 1 aliphatic carbocycles. The second kappa shape index (κ2) is 4.70. The zero-order chi connectivity index (χ0) is 14.4. The molecule has 1 N–H and O–H groups in total. The van der Waals surface area contributed by atoms with E-state index in [0.29, 0.717) is 24.3 Å². The van der Waals surface area contributed by atoms with Gasteiger partial charge in [-0.2, -0.15) is 0 Å². The Morgan fingerprint density at radius 3 is 3.19 bits per heavy atom. The SMILES string of the molecule is O=[N+]([O-])c1ccc2nc(N3CCOC4CCCC43)[nH]c2c1. The zero-order valence-corrected chi connectivity index (χ0v) is 11.5. The number of fused-ring (bicyclic) bond motifs is 2. The third kappa shape index (κ3) is 2.04. The molecule has 2 atom stereocenters. The minimum absolute atomic E-state index is 0.0819. The number of imidazole rings is 1. The van der Waals surface area contributed by atoms with E-state index in [1.807, 2.05) is 0 Å². The molecule has 2 aromatic rings. The minimum atomic E-state index is -0.387. The van der Waals surface area contributed by atoms with Crippen molar-refractivity contribution in [2.75, 3.05) is 18.1 Å². The molecule has 2 fully saturated rings. The average Bonchev–Trinajstić information content (AvgIpc) is 3.12. The highest BCUT2D eigenvalue weighted by molar-refractivity contribution is 5.80. The van der Waals surface area contributed by atoms with Crippen LogP contribution in [0.15, 0.2) is 18.2 Å². The highest BCUT2D eigenvalue weighted by Gasteiger charge is 2.37. The summed E-state index contributed by atoms with van der Waals surface area (Å²) in [4.78, 5) is 20.5. The Balaban J connectivity index is 1.71. The lowest BCUT2D eigenvalue weighted by Gasteiger charge is -2.37. The van der Waals surface area contributed by atoms with Gasteiger partial charge in [-0.1, -0.05) is 0 Å². The monoisotopic (exact) mass is 288 g/mol. The number of H-pyrrole nitrogens is 1. The van der Waals surface area contributed by atoms with Crippen molar-refractivity contribution in [2.24, 2.45) is 0 Å². The number of hydrogen-bond donors (Lipinski definition) is 1. The van der Waals surface area contributed by atoms with Crippen molar-refractivity contribution >= 4 is 22.7 Å². The van der Waals surface area contributed by atoms with Crippen molar-refractivity contribution in [3.8, 4) is 0 Å². The number of ether oxygens (including phenoxy) is 1. The molecular weight excluding hydrogens is 272 g/mol. The number of aromatic amines is 1. The number of nitro groups is 1. The van der Waals surface area contributed by atoms with Crippen molar-refractivity contribution in [3.63, 3.8) is 0 Å². The molecule has 21 heavy (non-hydrogen) atoms. The fourth-order valence-corrected chi connectivity index (χ4v) is 3.42. The van der Waals surface area contributed by atoms with Crippen LogP contribution in [0.4, 0.5) is 11.6 Å². The van der Waals surface area contributed by atoms with Crippen molar-refractivity contribution in [1.82, 2.24) is 9.97 Å². The van der Waals surface area contributed by atoms with E-state index in [1.165, 1.54) is 12.5 Å². The topological polar surface area (TPSA) is 84.3 Å². The molecule has 2 unspecified atom stereocenters. The second-order valence-corrected chi connectivity index (χ2v) is 5.62. The van der Waals surface area contributed by atoms with Crippen molar-refractivity contribution in [2.45, 2.75) is 31.4 Å². The van der Waals surface area contributed by atoms with E-state index in [-0.39, 0.29) is 10.6 Å². The number of nitrogens with zero attached hydrogens (tertiary/aromatic N) is 3. The molecule has 1 aliphatic heterocycles. The highest BCUT2D eigenvalue weighted by Crippen LogP contribution is 2.33. The number of benzene rings is 1. The van der Waals surface area contributed by atoms with Gasteiger partial charge in [-0.15, -0.1) is 0 Å². The Labute approximate surface area is 121 Å². The Bertz CT molecular complexity index is 699. The maximum absolute atomic E-state index is 10.8. The molecule has 0 bridgehead atoms. The van der Waals surface area contributed by atoms with Gasteiger partial charge >= 0.3 is 0 Å². The molecular formula is C14H16N4O3. The Morgan fingerprint density at radius 1 is 1.43 bits per heavy atom. The molecule has 1 aromatic carbocycles. The molecule has 7 heteroatoms. The Morgan fingerprint density at radius 2 is 2.33 bits per heavy atom. The number of nitro benzene ring substituents is 1. The molecule has 0 radical (unpaired) electrons. The quantitative estimate of drug-likeness (QED) is 0.676. The first kappa shape index (κ1) is 12.6. The predicted molar refractivity (Wildman–Crippen MR) is 77.5 cm³/mol. The van der Waals surface area contributed by atoms with Crippen molar-refractivity contribution in [3.05, 3.63) is 28.3 Å². The predicted octanol–water partition coefficient (Wildman–Crippen LogP) is 2.23.